The summed E-state index contributed by atoms with van der Waals surface area (Å²) in [6.45, 7) is 8.14. The summed E-state index contributed by atoms with van der Waals surface area (Å²) in [4.78, 5) is 0. The molecule has 0 heterocycles. The Bertz CT molecular complexity index is 266. The van der Waals surface area contributed by atoms with E-state index in [1.165, 1.54) is 5.70 Å². The molecule has 0 aliphatic carbocycles. The third-order valence-electron chi connectivity index (χ3n) is 1.64. The average molecular weight is 209 g/mol. The molecule has 0 saturated carbocycles. The Labute approximate surface area is 92.2 Å². The van der Waals surface area contributed by atoms with Crippen LogP contribution >= 0.6 is 11.9 Å². The quantitative estimate of drug-likeness (QED) is 0.422. The molecule has 2 heteroatoms. The van der Waals surface area contributed by atoms with Crippen molar-refractivity contribution in [2.75, 3.05) is 5.75 Å². The van der Waals surface area contributed by atoms with Crippen LogP contribution in [0, 0.1) is 11.8 Å². The van der Waals surface area contributed by atoms with Crippen molar-refractivity contribution in [2.24, 2.45) is 0 Å². The minimum atomic E-state index is 1.01. The molecule has 0 amide bonds. The third-order valence-corrected chi connectivity index (χ3v) is 2.33. The summed E-state index contributed by atoms with van der Waals surface area (Å²) >= 11 is 1.72. The molecule has 14 heavy (non-hydrogen) atoms. The first kappa shape index (κ1) is 13.2. The molecule has 0 aromatic carbocycles. The standard InChI is InChI=1S/C12H19NS/c1-5-9-11(6-2)10-12(7-3)13-14-8-4/h6,10,13H,7-8H2,1-4H3/b11-6-,12-10+. The fourth-order valence-corrected chi connectivity index (χ4v) is 1.43. The van der Waals surface area contributed by atoms with Crippen molar-refractivity contribution < 1.29 is 0 Å². The molecule has 0 aromatic heterocycles. The molecule has 0 aliphatic heterocycles. The SMILES string of the molecule is CC#CC(=C/C)/C=C(\CC)NSCC. The van der Waals surface area contributed by atoms with Crippen LogP contribution in [0.1, 0.15) is 34.1 Å². The normalized spacial score (nSPS) is 12.0. The average Bonchev–Trinajstić information content (AvgIpc) is 2.22. The summed E-state index contributed by atoms with van der Waals surface area (Å²) in [6.07, 6.45) is 5.15. The van der Waals surface area contributed by atoms with E-state index in [9.17, 15) is 0 Å². The lowest BCUT2D eigenvalue weighted by Gasteiger charge is -2.06. The van der Waals surface area contributed by atoms with Gasteiger partial charge in [0, 0.05) is 17.0 Å². The molecule has 0 saturated heterocycles. The van der Waals surface area contributed by atoms with Gasteiger partial charge in [0.15, 0.2) is 0 Å². The van der Waals surface area contributed by atoms with Gasteiger partial charge in [-0.25, -0.2) is 0 Å². The summed E-state index contributed by atoms with van der Waals surface area (Å²) in [6, 6.07) is 0. The highest BCUT2D eigenvalue weighted by Gasteiger charge is 1.93. The van der Waals surface area contributed by atoms with Gasteiger partial charge >= 0.3 is 0 Å². The van der Waals surface area contributed by atoms with Gasteiger partial charge in [0.1, 0.15) is 0 Å². The topological polar surface area (TPSA) is 12.0 Å². The maximum absolute atomic E-state index is 3.31. The van der Waals surface area contributed by atoms with Gasteiger partial charge in [-0.15, -0.1) is 5.92 Å². The lowest BCUT2D eigenvalue weighted by molar-refractivity contribution is 1.02. The van der Waals surface area contributed by atoms with Crippen molar-refractivity contribution in [1.29, 1.82) is 0 Å². The molecular weight excluding hydrogens is 190 g/mol. The Hall–Kier alpha value is -0.810. The Morgan fingerprint density at radius 3 is 2.57 bits per heavy atom. The zero-order chi connectivity index (χ0) is 10.8. The smallest absolute Gasteiger partial charge is 0.0220 e. The van der Waals surface area contributed by atoms with Gasteiger partial charge in [0.05, 0.1) is 0 Å². The van der Waals surface area contributed by atoms with Gasteiger partial charge in [-0.3, -0.25) is 0 Å². The van der Waals surface area contributed by atoms with Crippen LogP contribution in [0.5, 0.6) is 0 Å². The van der Waals surface area contributed by atoms with Crippen LogP contribution in [-0.2, 0) is 0 Å². The summed E-state index contributed by atoms with van der Waals surface area (Å²) in [5.41, 5.74) is 2.31. The fraction of sp³-hybridized carbons (Fsp3) is 0.500. The second-order valence-electron chi connectivity index (χ2n) is 2.68. The Balaban J connectivity index is 4.44. The molecule has 0 fully saturated rings. The van der Waals surface area contributed by atoms with E-state index in [1.807, 2.05) is 19.9 Å². The zero-order valence-electron chi connectivity index (χ0n) is 9.48. The summed E-state index contributed by atoms with van der Waals surface area (Å²) in [5.74, 6) is 7.04. The van der Waals surface area contributed by atoms with Crippen molar-refractivity contribution >= 4 is 11.9 Å². The Morgan fingerprint density at radius 1 is 1.43 bits per heavy atom. The molecule has 0 spiro atoms. The predicted octanol–water partition coefficient (Wildman–Crippen LogP) is 3.51. The summed E-state index contributed by atoms with van der Waals surface area (Å²) < 4.78 is 3.31. The highest BCUT2D eigenvalue weighted by Crippen LogP contribution is 2.07. The molecule has 0 aliphatic rings. The number of hydrogen-bond donors (Lipinski definition) is 1. The maximum atomic E-state index is 3.31. The second kappa shape index (κ2) is 8.77. The van der Waals surface area contributed by atoms with Crippen molar-refractivity contribution in [3.8, 4) is 11.8 Å². The summed E-state index contributed by atoms with van der Waals surface area (Å²) in [5, 5.41) is 0. The molecule has 78 valence electrons. The van der Waals surface area contributed by atoms with Gasteiger partial charge in [-0.1, -0.05) is 37.8 Å². The van der Waals surface area contributed by atoms with E-state index < -0.39 is 0 Å². The van der Waals surface area contributed by atoms with E-state index in [4.69, 9.17) is 0 Å². The van der Waals surface area contributed by atoms with E-state index in [1.54, 1.807) is 11.9 Å². The molecule has 0 bridgehead atoms. The van der Waals surface area contributed by atoms with E-state index in [2.05, 4.69) is 36.5 Å². The number of allylic oxidation sites excluding steroid dienone is 4. The first-order valence-electron chi connectivity index (χ1n) is 4.95. The fourth-order valence-electron chi connectivity index (χ4n) is 0.892. The van der Waals surface area contributed by atoms with Crippen LogP contribution in [0.2, 0.25) is 0 Å². The molecule has 0 radical (unpaired) electrons. The van der Waals surface area contributed by atoms with Crippen LogP contribution in [0.15, 0.2) is 23.4 Å². The van der Waals surface area contributed by atoms with Crippen molar-refractivity contribution in [1.82, 2.24) is 4.72 Å². The van der Waals surface area contributed by atoms with Crippen LogP contribution in [0.25, 0.3) is 0 Å². The predicted molar refractivity (Wildman–Crippen MR) is 66.8 cm³/mol. The van der Waals surface area contributed by atoms with E-state index >= 15 is 0 Å². The first-order chi connectivity index (χ1) is 6.78. The van der Waals surface area contributed by atoms with Gasteiger partial charge in [0.25, 0.3) is 0 Å². The van der Waals surface area contributed by atoms with Crippen molar-refractivity contribution in [3.63, 3.8) is 0 Å². The second-order valence-corrected chi connectivity index (χ2v) is 3.75. The zero-order valence-corrected chi connectivity index (χ0v) is 10.3. The van der Waals surface area contributed by atoms with Crippen LogP contribution in [0.3, 0.4) is 0 Å². The minimum absolute atomic E-state index is 1.01. The largest absolute Gasteiger partial charge is 0.334 e. The molecular formula is C12H19NS. The highest BCUT2D eigenvalue weighted by atomic mass is 32.2. The van der Waals surface area contributed by atoms with E-state index in [0.717, 1.165) is 17.7 Å². The third kappa shape index (κ3) is 5.77. The monoisotopic (exact) mass is 209 g/mol. The Kier molecular flexibility index (Phi) is 8.27. The number of nitrogens with one attached hydrogen (secondary N) is 1. The highest BCUT2D eigenvalue weighted by molar-refractivity contribution is 7.97. The lowest BCUT2D eigenvalue weighted by atomic mass is 10.2. The molecule has 1 nitrogen and oxygen atoms in total. The van der Waals surface area contributed by atoms with Gasteiger partial charge in [-0.05, 0) is 26.3 Å². The van der Waals surface area contributed by atoms with Crippen LogP contribution < -0.4 is 4.72 Å². The number of rotatable bonds is 5. The number of hydrogen-bond acceptors (Lipinski definition) is 2. The maximum Gasteiger partial charge on any atom is 0.0220 e. The molecule has 1 N–H and O–H groups in total. The molecule has 0 unspecified atom stereocenters. The van der Waals surface area contributed by atoms with Gasteiger partial charge < -0.3 is 4.72 Å². The first-order valence-corrected chi connectivity index (χ1v) is 5.94. The minimum Gasteiger partial charge on any atom is -0.334 e. The Morgan fingerprint density at radius 2 is 2.14 bits per heavy atom. The molecule has 0 rings (SSSR count). The molecule has 0 aromatic rings. The van der Waals surface area contributed by atoms with Crippen molar-refractivity contribution in [2.45, 2.75) is 34.1 Å². The van der Waals surface area contributed by atoms with Crippen LogP contribution in [0.4, 0.5) is 0 Å². The van der Waals surface area contributed by atoms with Crippen molar-refractivity contribution in [3.05, 3.63) is 23.4 Å². The van der Waals surface area contributed by atoms with Gasteiger partial charge in [0.2, 0.25) is 0 Å². The molecule has 0 atom stereocenters. The van der Waals surface area contributed by atoms with Crippen LogP contribution in [-0.4, -0.2) is 5.75 Å². The van der Waals surface area contributed by atoms with E-state index in [-0.39, 0.29) is 0 Å². The van der Waals surface area contributed by atoms with Gasteiger partial charge in [-0.2, -0.15) is 0 Å². The lowest BCUT2D eigenvalue weighted by Crippen LogP contribution is -2.03. The van der Waals surface area contributed by atoms with E-state index in [0.29, 0.717) is 0 Å². The summed E-state index contributed by atoms with van der Waals surface area (Å²) in [7, 11) is 0.